The maximum atomic E-state index is 12.2. The van der Waals surface area contributed by atoms with E-state index < -0.39 is 22.0 Å². The predicted octanol–water partition coefficient (Wildman–Crippen LogP) is 0.702. The normalized spacial score (nSPS) is 23.8. The van der Waals surface area contributed by atoms with Crippen molar-refractivity contribution < 1.29 is 13.2 Å². The van der Waals surface area contributed by atoms with E-state index in [0.717, 1.165) is 19.3 Å². The van der Waals surface area contributed by atoms with E-state index in [1.165, 1.54) is 4.31 Å². The predicted molar refractivity (Wildman–Crippen MR) is 66.8 cm³/mol. The molecule has 1 aliphatic rings. The van der Waals surface area contributed by atoms with Crippen LogP contribution in [0.4, 0.5) is 0 Å². The molecule has 1 saturated heterocycles. The zero-order valence-corrected chi connectivity index (χ0v) is 11.4. The van der Waals surface area contributed by atoms with Crippen LogP contribution in [-0.4, -0.2) is 37.0 Å². The van der Waals surface area contributed by atoms with Gasteiger partial charge in [0.15, 0.2) is 0 Å². The minimum Gasteiger partial charge on any atom is -0.368 e. The van der Waals surface area contributed by atoms with Gasteiger partial charge in [0, 0.05) is 6.54 Å². The molecule has 6 heteroatoms. The SMILES string of the molecule is CCC[C@@H](C)CS(=O)(=O)N1CCC[C@@H]1C(N)=O. The fraction of sp³-hybridized carbons (Fsp3) is 0.909. The van der Waals surface area contributed by atoms with Gasteiger partial charge in [-0.1, -0.05) is 20.3 Å². The molecule has 0 aromatic rings. The van der Waals surface area contributed by atoms with Gasteiger partial charge in [0.05, 0.1) is 5.75 Å². The molecule has 0 aromatic carbocycles. The van der Waals surface area contributed by atoms with Gasteiger partial charge in [0.25, 0.3) is 0 Å². The van der Waals surface area contributed by atoms with Crippen molar-refractivity contribution in [2.45, 2.75) is 45.6 Å². The number of hydrogen-bond acceptors (Lipinski definition) is 3. The Bertz CT molecular complexity index is 367. The van der Waals surface area contributed by atoms with E-state index in [4.69, 9.17) is 5.73 Å². The molecule has 0 spiro atoms. The average molecular weight is 262 g/mol. The van der Waals surface area contributed by atoms with Gasteiger partial charge in [-0.25, -0.2) is 8.42 Å². The number of rotatable bonds is 6. The van der Waals surface area contributed by atoms with E-state index in [0.29, 0.717) is 13.0 Å². The van der Waals surface area contributed by atoms with Crippen LogP contribution in [0.5, 0.6) is 0 Å². The average Bonchev–Trinajstić information content (AvgIpc) is 2.65. The van der Waals surface area contributed by atoms with Crippen molar-refractivity contribution in [1.82, 2.24) is 4.31 Å². The van der Waals surface area contributed by atoms with Crippen LogP contribution in [0, 0.1) is 5.92 Å². The van der Waals surface area contributed by atoms with Crippen LogP contribution in [0.25, 0.3) is 0 Å². The molecule has 2 atom stereocenters. The smallest absolute Gasteiger partial charge is 0.235 e. The Balaban J connectivity index is 2.72. The minimum absolute atomic E-state index is 0.116. The van der Waals surface area contributed by atoms with Crippen molar-refractivity contribution in [2.75, 3.05) is 12.3 Å². The lowest BCUT2D eigenvalue weighted by atomic mass is 10.1. The minimum atomic E-state index is -3.34. The number of carbonyl (C=O) groups excluding carboxylic acids is 1. The molecule has 100 valence electrons. The number of nitrogens with zero attached hydrogens (tertiary/aromatic N) is 1. The highest BCUT2D eigenvalue weighted by Crippen LogP contribution is 2.23. The van der Waals surface area contributed by atoms with Gasteiger partial charge in [-0.2, -0.15) is 4.31 Å². The maximum Gasteiger partial charge on any atom is 0.235 e. The van der Waals surface area contributed by atoms with Crippen LogP contribution in [0.2, 0.25) is 0 Å². The summed E-state index contributed by atoms with van der Waals surface area (Å²) in [6, 6.07) is -0.631. The molecule has 0 radical (unpaired) electrons. The lowest BCUT2D eigenvalue weighted by Crippen LogP contribution is -2.45. The molecular formula is C11H22N2O3S. The van der Waals surface area contributed by atoms with Gasteiger partial charge in [-0.3, -0.25) is 4.79 Å². The Morgan fingerprint density at radius 1 is 1.53 bits per heavy atom. The number of sulfonamides is 1. The molecule has 1 aliphatic heterocycles. The van der Waals surface area contributed by atoms with Crippen LogP contribution >= 0.6 is 0 Å². The van der Waals surface area contributed by atoms with Crippen LogP contribution < -0.4 is 5.73 Å². The maximum absolute atomic E-state index is 12.2. The molecule has 5 nitrogen and oxygen atoms in total. The van der Waals surface area contributed by atoms with E-state index in [-0.39, 0.29) is 11.7 Å². The fourth-order valence-corrected chi connectivity index (χ4v) is 4.47. The Hall–Kier alpha value is -0.620. The summed E-state index contributed by atoms with van der Waals surface area (Å²) in [5.74, 6) is -0.293. The highest BCUT2D eigenvalue weighted by Gasteiger charge is 2.37. The monoisotopic (exact) mass is 262 g/mol. The van der Waals surface area contributed by atoms with Crippen LogP contribution in [0.15, 0.2) is 0 Å². The first-order chi connectivity index (χ1) is 7.88. The summed E-state index contributed by atoms with van der Waals surface area (Å²) in [5.41, 5.74) is 5.23. The third-order valence-corrected chi connectivity index (χ3v) is 5.31. The van der Waals surface area contributed by atoms with Gasteiger partial charge in [-0.05, 0) is 25.2 Å². The molecule has 1 heterocycles. The molecule has 1 fully saturated rings. The van der Waals surface area contributed by atoms with E-state index >= 15 is 0 Å². The second kappa shape index (κ2) is 5.82. The molecular weight excluding hydrogens is 240 g/mol. The van der Waals surface area contributed by atoms with E-state index in [9.17, 15) is 13.2 Å². The topological polar surface area (TPSA) is 80.5 Å². The molecule has 0 aliphatic carbocycles. The number of nitrogens with two attached hydrogens (primary N) is 1. The zero-order chi connectivity index (χ0) is 13.1. The standard InChI is InChI=1S/C11H22N2O3S/c1-3-5-9(2)8-17(15,16)13-7-4-6-10(13)11(12)14/h9-10H,3-8H2,1-2H3,(H2,12,14)/t9-,10-/m1/s1. The molecule has 1 rings (SSSR count). The van der Waals surface area contributed by atoms with Crippen LogP contribution in [0.3, 0.4) is 0 Å². The van der Waals surface area contributed by atoms with Crippen molar-refractivity contribution >= 4 is 15.9 Å². The largest absolute Gasteiger partial charge is 0.368 e. The van der Waals surface area contributed by atoms with Crippen LogP contribution in [-0.2, 0) is 14.8 Å². The third-order valence-electron chi connectivity index (χ3n) is 3.17. The molecule has 1 amide bonds. The Kier molecular flexibility index (Phi) is 4.94. The summed E-state index contributed by atoms with van der Waals surface area (Å²) in [7, 11) is -3.34. The Labute approximate surface area is 103 Å². The lowest BCUT2D eigenvalue weighted by molar-refractivity contribution is -0.121. The number of primary amides is 1. The highest BCUT2D eigenvalue weighted by atomic mass is 32.2. The Morgan fingerprint density at radius 2 is 2.18 bits per heavy atom. The van der Waals surface area contributed by atoms with Gasteiger partial charge < -0.3 is 5.73 Å². The summed E-state index contributed by atoms with van der Waals surface area (Å²) >= 11 is 0. The Morgan fingerprint density at radius 3 is 2.71 bits per heavy atom. The molecule has 0 aromatic heterocycles. The molecule has 0 unspecified atom stereocenters. The van der Waals surface area contributed by atoms with Crippen molar-refractivity contribution in [3.8, 4) is 0 Å². The molecule has 0 saturated carbocycles. The van der Waals surface area contributed by atoms with E-state index in [2.05, 4.69) is 0 Å². The van der Waals surface area contributed by atoms with Crippen molar-refractivity contribution in [3.63, 3.8) is 0 Å². The first-order valence-corrected chi connectivity index (χ1v) is 7.78. The van der Waals surface area contributed by atoms with Gasteiger partial charge in [0.2, 0.25) is 15.9 Å². The summed E-state index contributed by atoms with van der Waals surface area (Å²) < 4.78 is 25.6. The first kappa shape index (κ1) is 14.4. The molecule has 17 heavy (non-hydrogen) atoms. The summed E-state index contributed by atoms with van der Waals surface area (Å²) in [5, 5.41) is 0. The van der Waals surface area contributed by atoms with Gasteiger partial charge in [-0.15, -0.1) is 0 Å². The van der Waals surface area contributed by atoms with Gasteiger partial charge in [0.1, 0.15) is 6.04 Å². The lowest BCUT2D eigenvalue weighted by Gasteiger charge is -2.23. The summed E-state index contributed by atoms with van der Waals surface area (Å²) in [4.78, 5) is 11.2. The fourth-order valence-electron chi connectivity index (χ4n) is 2.39. The van der Waals surface area contributed by atoms with E-state index in [1.54, 1.807) is 0 Å². The van der Waals surface area contributed by atoms with Gasteiger partial charge >= 0.3 is 0 Å². The number of hydrogen-bond donors (Lipinski definition) is 1. The number of carbonyl (C=O) groups is 1. The van der Waals surface area contributed by atoms with Crippen molar-refractivity contribution in [3.05, 3.63) is 0 Å². The first-order valence-electron chi connectivity index (χ1n) is 6.17. The summed E-state index contributed by atoms with van der Waals surface area (Å²) in [6.07, 6.45) is 3.12. The molecule has 0 bridgehead atoms. The van der Waals surface area contributed by atoms with E-state index in [1.807, 2.05) is 13.8 Å². The zero-order valence-electron chi connectivity index (χ0n) is 10.6. The quantitative estimate of drug-likeness (QED) is 0.765. The summed E-state index contributed by atoms with van der Waals surface area (Å²) in [6.45, 7) is 4.39. The van der Waals surface area contributed by atoms with Crippen LogP contribution in [0.1, 0.15) is 39.5 Å². The highest BCUT2D eigenvalue weighted by molar-refractivity contribution is 7.89. The third kappa shape index (κ3) is 3.67. The second-order valence-corrected chi connectivity index (χ2v) is 6.81. The van der Waals surface area contributed by atoms with Crippen molar-refractivity contribution in [2.24, 2.45) is 11.7 Å². The number of amides is 1. The second-order valence-electron chi connectivity index (χ2n) is 4.84. The molecule has 2 N–H and O–H groups in total. The van der Waals surface area contributed by atoms with Crippen molar-refractivity contribution in [1.29, 1.82) is 0 Å².